The van der Waals surface area contributed by atoms with Gasteiger partial charge in [0.1, 0.15) is 0 Å². The van der Waals surface area contributed by atoms with Crippen LogP contribution in [-0.2, 0) is 5.41 Å². The summed E-state index contributed by atoms with van der Waals surface area (Å²) in [6.07, 6.45) is -0.585. The second kappa shape index (κ2) is 5.96. The topological polar surface area (TPSA) is 30.7 Å². The first kappa shape index (κ1) is 15.7. The van der Waals surface area contributed by atoms with E-state index < -0.39 is 6.17 Å². The zero-order valence-corrected chi connectivity index (χ0v) is 13.5. The van der Waals surface area contributed by atoms with Crippen LogP contribution in [0.4, 0.5) is 4.39 Å². The van der Waals surface area contributed by atoms with Gasteiger partial charge in [-0.25, -0.2) is 14.1 Å². The normalized spacial score (nSPS) is 20.7. The molecule has 4 heteroatoms. The molecule has 0 spiro atoms. The number of benzene rings is 1. The van der Waals surface area contributed by atoms with Gasteiger partial charge in [-0.15, -0.1) is 0 Å². The Bertz CT molecular complexity index is 584. The predicted octanol–water partition coefficient (Wildman–Crippen LogP) is 4.61. The fourth-order valence-electron chi connectivity index (χ4n) is 2.45. The number of fused-ring (bicyclic) bond motifs is 1. The average molecular weight is 289 g/mol. The Balaban J connectivity index is 0.000000774. The molecule has 2 aromatic rings. The second-order valence-electron chi connectivity index (χ2n) is 6.12. The molecule has 0 saturated heterocycles. The summed E-state index contributed by atoms with van der Waals surface area (Å²) in [5, 5.41) is 4.54. The fourth-order valence-corrected chi connectivity index (χ4v) is 2.45. The zero-order valence-electron chi connectivity index (χ0n) is 13.5. The molecular weight excluding hydrogens is 265 g/mol. The summed E-state index contributed by atoms with van der Waals surface area (Å²) >= 11 is 0. The summed E-state index contributed by atoms with van der Waals surface area (Å²) in [7, 11) is 0. The highest BCUT2D eigenvalue weighted by Crippen LogP contribution is 2.40. The lowest BCUT2D eigenvalue weighted by atomic mass is 9.96. The summed E-state index contributed by atoms with van der Waals surface area (Å²) in [6, 6.07) is 9.92. The smallest absolute Gasteiger partial charge is 0.162 e. The largest absolute Gasteiger partial charge is 0.239 e. The van der Waals surface area contributed by atoms with Crippen LogP contribution < -0.4 is 0 Å². The maximum atomic E-state index is 14.1. The molecule has 3 nitrogen and oxygen atoms in total. The van der Waals surface area contributed by atoms with Crippen molar-refractivity contribution in [3.05, 3.63) is 47.5 Å². The Morgan fingerprint density at radius 3 is 2.33 bits per heavy atom. The van der Waals surface area contributed by atoms with Crippen molar-refractivity contribution in [2.24, 2.45) is 0 Å². The summed E-state index contributed by atoms with van der Waals surface area (Å²) in [5.41, 5.74) is 0.937. The zero-order chi connectivity index (χ0) is 15.6. The minimum absolute atomic E-state index is 0.0326. The van der Waals surface area contributed by atoms with E-state index in [0.717, 1.165) is 5.56 Å². The molecule has 1 aromatic heterocycles. The Hall–Kier alpha value is -1.71. The van der Waals surface area contributed by atoms with Crippen LogP contribution >= 0.6 is 0 Å². The minimum atomic E-state index is -1.02. The maximum absolute atomic E-state index is 14.1. The van der Waals surface area contributed by atoms with Crippen LogP contribution in [0.15, 0.2) is 30.3 Å². The molecule has 0 aliphatic carbocycles. The molecule has 2 heterocycles. The second-order valence-corrected chi connectivity index (χ2v) is 6.12. The SMILES string of the molecule is CC.CC(C)(C)c1nc2n(n1)C(c1ccccc1)CC2F. The lowest BCUT2D eigenvalue weighted by Gasteiger charge is -2.15. The molecule has 2 unspecified atom stereocenters. The van der Waals surface area contributed by atoms with Crippen LogP contribution in [0.2, 0.25) is 0 Å². The molecule has 1 aromatic carbocycles. The quantitative estimate of drug-likeness (QED) is 0.767. The monoisotopic (exact) mass is 289 g/mol. The number of nitrogens with zero attached hydrogens (tertiary/aromatic N) is 3. The molecule has 0 amide bonds. The third kappa shape index (κ3) is 2.99. The summed E-state index contributed by atoms with van der Waals surface area (Å²) in [6.45, 7) is 10.1. The number of rotatable bonds is 1. The number of hydrogen-bond donors (Lipinski definition) is 0. The maximum Gasteiger partial charge on any atom is 0.162 e. The third-order valence-corrected chi connectivity index (χ3v) is 3.52. The van der Waals surface area contributed by atoms with Crippen molar-refractivity contribution in [2.45, 2.75) is 58.7 Å². The Labute approximate surface area is 126 Å². The molecule has 0 radical (unpaired) electrons. The number of hydrogen-bond acceptors (Lipinski definition) is 2. The van der Waals surface area contributed by atoms with E-state index in [0.29, 0.717) is 18.1 Å². The number of halogens is 1. The molecule has 2 atom stereocenters. The van der Waals surface area contributed by atoms with Crippen molar-refractivity contribution in [3.8, 4) is 0 Å². The lowest BCUT2D eigenvalue weighted by molar-refractivity contribution is 0.326. The average Bonchev–Trinajstić information content (AvgIpc) is 3.03. The first-order chi connectivity index (χ1) is 9.97. The molecule has 0 N–H and O–H groups in total. The Morgan fingerprint density at radius 1 is 1.14 bits per heavy atom. The van der Waals surface area contributed by atoms with Gasteiger partial charge in [-0.1, -0.05) is 65.0 Å². The first-order valence-corrected chi connectivity index (χ1v) is 7.63. The van der Waals surface area contributed by atoms with Gasteiger partial charge in [-0.2, -0.15) is 5.10 Å². The summed E-state index contributed by atoms with van der Waals surface area (Å²) < 4.78 is 15.9. The van der Waals surface area contributed by atoms with Gasteiger partial charge < -0.3 is 0 Å². The van der Waals surface area contributed by atoms with E-state index in [4.69, 9.17) is 0 Å². The third-order valence-electron chi connectivity index (χ3n) is 3.52. The molecule has 21 heavy (non-hydrogen) atoms. The van der Waals surface area contributed by atoms with Gasteiger partial charge >= 0.3 is 0 Å². The van der Waals surface area contributed by atoms with Crippen LogP contribution in [0.5, 0.6) is 0 Å². The van der Waals surface area contributed by atoms with Crippen LogP contribution in [0.1, 0.15) is 70.5 Å². The van der Waals surface area contributed by atoms with Gasteiger partial charge in [0.2, 0.25) is 0 Å². The van der Waals surface area contributed by atoms with Crippen LogP contribution in [0.3, 0.4) is 0 Å². The highest BCUT2D eigenvalue weighted by atomic mass is 19.1. The van der Waals surface area contributed by atoms with Crippen molar-refractivity contribution in [2.75, 3.05) is 0 Å². The van der Waals surface area contributed by atoms with E-state index >= 15 is 0 Å². The van der Waals surface area contributed by atoms with E-state index in [1.807, 2.05) is 65.0 Å². The van der Waals surface area contributed by atoms with E-state index in [2.05, 4.69) is 10.1 Å². The van der Waals surface area contributed by atoms with Crippen LogP contribution in [-0.4, -0.2) is 14.8 Å². The highest BCUT2D eigenvalue weighted by Gasteiger charge is 2.36. The number of alkyl halides is 1. The molecule has 1 aliphatic rings. The fraction of sp³-hybridized carbons (Fsp3) is 0.529. The standard InChI is InChI=1S/C15H18FN3.C2H6/c1-15(2,3)14-17-13-11(16)9-12(19(13)18-14)10-7-5-4-6-8-10;1-2/h4-8,11-12H,9H2,1-3H3;1-2H3. The van der Waals surface area contributed by atoms with Crippen molar-refractivity contribution in [1.82, 2.24) is 14.8 Å². The Morgan fingerprint density at radius 2 is 1.76 bits per heavy atom. The van der Waals surface area contributed by atoms with Gasteiger partial charge in [0.05, 0.1) is 6.04 Å². The van der Waals surface area contributed by atoms with E-state index in [1.54, 1.807) is 4.68 Å². The van der Waals surface area contributed by atoms with Gasteiger partial charge in [0, 0.05) is 11.8 Å². The van der Waals surface area contributed by atoms with Crippen molar-refractivity contribution < 1.29 is 4.39 Å². The Kier molecular flexibility index (Phi) is 4.45. The van der Waals surface area contributed by atoms with Crippen LogP contribution in [0, 0.1) is 0 Å². The van der Waals surface area contributed by atoms with E-state index in [-0.39, 0.29) is 11.5 Å². The van der Waals surface area contributed by atoms with Gasteiger partial charge in [0.25, 0.3) is 0 Å². The minimum Gasteiger partial charge on any atom is -0.239 e. The molecule has 114 valence electrons. The lowest BCUT2D eigenvalue weighted by Crippen LogP contribution is -2.16. The molecule has 0 saturated carbocycles. The molecule has 0 bridgehead atoms. The van der Waals surface area contributed by atoms with Crippen molar-refractivity contribution in [3.63, 3.8) is 0 Å². The predicted molar refractivity (Wildman–Crippen MR) is 83.1 cm³/mol. The molecule has 0 fully saturated rings. The van der Waals surface area contributed by atoms with E-state index in [9.17, 15) is 4.39 Å². The van der Waals surface area contributed by atoms with E-state index in [1.165, 1.54) is 0 Å². The van der Waals surface area contributed by atoms with Crippen LogP contribution in [0.25, 0.3) is 0 Å². The molecule has 3 rings (SSSR count). The first-order valence-electron chi connectivity index (χ1n) is 7.63. The molecular formula is C17H24FN3. The van der Waals surface area contributed by atoms with Gasteiger partial charge in [0.15, 0.2) is 17.8 Å². The van der Waals surface area contributed by atoms with Gasteiger partial charge in [-0.3, -0.25) is 0 Å². The summed E-state index contributed by atoms with van der Waals surface area (Å²) in [5.74, 6) is 1.18. The highest BCUT2D eigenvalue weighted by molar-refractivity contribution is 5.24. The van der Waals surface area contributed by atoms with Gasteiger partial charge in [-0.05, 0) is 5.56 Å². The van der Waals surface area contributed by atoms with Crippen molar-refractivity contribution in [1.29, 1.82) is 0 Å². The van der Waals surface area contributed by atoms with Crippen molar-refractivity contribution >= 4 is 0 Å². The summed E-state index contributed by atoms with van der Waals surface area (Å²) in [4.78, 5) is 4.40. The molecule has 1 aliphatic heterocycles. The number of aromatic nitrogens is 3.